The lowest BCUT2D eigenvalue weighted by atomic mass is 9.98. The Labute approximate surface area is 155 Å². The van der Waals surface area contributed by atoms with Crippen molar-refractivity contribution < 1.29 is 0 Å². The first-order valence-corrected chi connectivity index (χ1v) is 9.37. The van der Waals surface area contributed by atoms with E-state index in [1.165, 1.54) is 4.90 Å². The second-order valence-electron chi connectivity index (χ2n) is 5.49. The molecule has 5 heteroatoms. The third kappa shape index (κ3) is 2.99. The van der Waals surface area contributed by atoms with E-state index in [2.05, 4.69) is 40.5 Å². The van der Waals surface area contributed by atoms with E-state index >= 15 is 0 Å². The van der Waals surface area contributed by atoms with Crippen LogP contribution < -0.4 is 0 Å². The van der Waals surface area contributed by atoms with E-state index in [0.29, 0.717) is 10.7 Å². The van der Waals surface area contributed by atoms with Gasteiger partial charge in [-0.05, 0) is 48.2 Å². The Hall–Kier alpha value is -2.43. The minimum absolute atomic E-state index is 0.647. The molecule has 122 valence electrons. The normalized spacial score (nSPS) is 11.0. The molecule has 0 aliphatic rings. The topological polar surface area (TPSA) is 38.7 Å². The van der Waals surface area contributed by atoms with Gasteiger partial charge in [0.2, 0.25) is 0 Å². The summed E-state index contributed by atoms with van der Waals surface area (Å²) in [5.41, 5.74) is 4.38. The molecule has 0 fully saturated rings. The average Bonchev–Trinajstić information content (AvgIpc) is 2.69. The monoisotopic (exact) mass is 363 g/mol. The Morgan fingerprint density at radius 2 is 1.64 bits per heavy atom. The van der Waals surface area contributed by atoms with E-state index in [1.54, 1.807) is 30.4 Å². The van der Waals surface area contributed by atoms with Crippen molar-refractivity contribution in [3.05, 3.63) is 72.1 Å². The quantitative estimate of drug-likeness (QED) is 0.435. The minimum Gasteiger partial charge on any atom is -0.265 e. The van der Waals surface area contributed by atoms with E-state index in [1.807, 2.05) is 24.3 Å². The standard InChI is InChI=1S/C20H14ClN3S/c1-25-15-6-4-14(5-7-15)19-17(13-8-11-22-12-9-13)18(21)16-3-2-10-23-20(16)24-19/h2-12H,1H3. The number of hydrogen-bond acceptors (Lipinski definition) is 4. The average molecular weight is 364 g/mol. The van der Waals surface area contributed by atoms with E-state index in [0.717, 1.165) is 27.8 Å². The Bertz CT molecular complexity index is 1030. The molecule has 0 radical (unpaired) electrons. The molecule has 0 atom stereocenters. The van der Waals surface area contributed by atoms with Crippen molar-refractivity contribution in [3.8, 4) is 22.4 Å². The first-order chi connectivity index (χ1) is 12.3. The van der Waals surface area contributed by atoms with Gasteiger partial charge in [0.05, 0.1) is 10.7 Å². The van der Waals surface area contributed by atoms with E-state index in [9.17, 15) is 0 Å². The maximum absolute atomic E-state index is 6.79. The van der Waals surface area contributed by atoms with Crippen LogP contribution in [-0.4, -0.2) is 21.2 Å². The summed E-state index contributed by atoms with van der Waals surface area (Å²) in [6, 6.07) is 16.1. The number of hydrogen-bond donors (Lipinski definition) is 0. The third-order valence-corrected chi connectivity index (χ3v) is 5.17. The summed E-state index contributed by atoms with van der Waals surface area (Å²) in [5.74, 6) is 0. The van der Waals surface area contributed by atoms with Gasteiger partial charge in [0.1, 0.15) is 0 Å². The van der Waals surface area contributed by atoms with Crippen LogP contribution in [0.15, 0.2) is 72.0 Å². The van der Waals surface area contributed by atoms with Crippen molar-refractivity contribution in [1.29, 1.82) is 0 Å². The number of rotatable bonds is 3. The molecule has 3 heterocycles. The molecule has 4 rings (SSSR count). The molecule has 0 aliphatic carbocycles. The maximum Gasteiger partial charge on any atom is 0.161 e. The molecular formula is C20H14ClN3S. The van der Waals surface area contributed by atoms with Crippen molar-refractivity contribution in [2.75, 3.05) is 6.26 Å². The summed E-state index contributed by atoms with van der Waals surface area (Å²) in [5, 5.41) is 1.51. The number of benzene rings is 1. The van der Waals surface area contributed by atoms with Gasteiger partial charge in [0.15, 0.2) is 5.65 Å². The Morgan fingerprint density at radius 1 is 0.880 bits per heavy atom. The molecule has 0 saturated heterocycles. The highest BCUT2D eigenvalue weighted by molar-refractivity contribution is 7.98. The van der Waals surface area contributed by atoms with Gasteiger partial charge in [-0.1, -0.05) is 23.7 Å². The van der Waals surface area contributed by atoms with Crippen LogP contribution in [0.25, 0.3) is 33.4 Å². The predicted molar refractivity (Wildman–Crippen MR) is 105 cm³/mol. The number of fused-ring (bicyclic) bond motifs is 1. The van der Waals surface area contributed by atoms with Gasteiger partial charge in [-0.2, -0.15) is 0 Å². The molecule has 4 aromatic rings. The van der Waals surface area contributed by atoms with Crippen molar-refractivity contribution in [3.63, 3.8) is 0 Å². The molecule has 3 aromatic heterocycles. The molecule has 0 bridgehead atoms. The fourth-order valence-electron chi connectivity index (χ4n) is 2.80. The molecule has 0 spiro atoms. The van der Waals surface area contributed by atoms with E-state index < -0.39 is 0 Å². The fourth-order valence-corrected chi connectivity index (χ4v) is 3.55. The lowest BCUT2D eigenvalue weighted by Crippen LogP contribution is -1.95. The van der Waals surface area contributed by atoms with Crippen LogP contribution in [0.3, 0.4) is 0 Å². The molecule has 0 aliphatic heterocycles. The van der Waals surface area contributed by atoms with Gasteiger partial charge in [-0.3, -0.25) is 4.98 Å². The number of nitrogens with zero attached hydrogens (tertiary/aromatic N) is 3. The Kier molecular flexibility index (Phi) is 4.38. The number of pyridine rings is 3. The molecule has 0 saturated carbocycles. The summed E-state index contributed by atoms with van der Waals surface area (Å²) < 4.78 is 0. The zero-order chi connectivity index (χ0) is 17.2. The predicted octanol–water partition coefficient (Wildman–Crippen LogP) is 5.73. The molecule has 0 unspecified atom stereocenters. The van der Waals surface area contributed by atoms with Crippen LogP contribution in [0.4, 0.5) is 0 Å². The number of aromatic nitrogens is 3. The smallest absolute Gasteiger partial charge is 0.161 e. The van der Waals surface area contributed by atoms with Crippen molar-refractivity contribution in [2.24, 2.45) is 0 Å². The summed E-state index contributed by atoms with van der Waals surface area (Å²) in [7, 11) is 0. The second kappa shape index (κ2) is 6.82. The van der Waals surface area contributed by atoms with Gasteiger partial charge < -0.3 is 0 Å². The lowest BCUT2D eigenvalue weighted by Gasteiger charge is -2.14. The van der Waals surface area contributed by atoms with Crippen LogP contribution in [0.5, 0.6) is 0 Å². The van der Waals surface area contributed by atoms with Crippen molar-refractivity contribution >= 4 is 34.4 Å². The van der Waals surface area contributed by atoms with E-state index in [4.69, 9.17) is 16.6 Å². The second-order valence-corrected chi connectivity index (χ2v) is 6.75. The van der Waals surface area contributed by atoms with E-state index in [-0.39, 0.29) is 0 Å². The SMILES string of the molecule is CSc1ccc(-c2nc3ncccc3c(Cl)c2-c2ccncc2)cc1. The third-order valence-electron chi connectivity index (χ3n) is 4.03. The van der Waals surface area contributed by atoms with Gasteiger partial charge >= 0.3 is 0 Å². The molecule has 0 amide bonds. The summed E-state index contributed by atoms with van der Waals surface area (Å²) in [6.07, 6.45) is 7.32. The van der Waals surface area contributed by atoms with Gasteiger partial charge in [-0.25, -0.2) is 9.97 Å². The van der Waals surface area contributed by atoms with Crippen molar-refractivity contribution in [1.82, 2.24) is 15.0 Å². The first-order valence-electron chi connectivity index (χ1n) is 7.77. The Morgan fingerprint density at radius 3 is 2.36 bits per heavy atom. The highest BCUT2D eigenvalue weighted by Gasteiger charge is 2.17. The van der Waals surface area contributed by atoms with Crippen LogP contribution >= 0.6 is 23.4 Å². The zero-order valence-electron chi connectivity index (χ0n) is 13.5. The molecule has 25 heavy (non-hydrogen) atoms. The highest BCUT2D eigenvalue weighted by atomic mass is 35.5. The first kappa shape index (κ1) is 16.1. The summed E-state index contributed by atoms with van der Waals surface area (Å²) >= 11 is 8.50. The van der Waals surface area contributed by atoms with Gasteiger partial charge in [0, 0.05) is 40.0 Å². The molecular weight excluding hydrogens is 350 g/mol. The lowest BCUT2D eigenvalue weighted by molar-refractivity contribution is 1.28. The molecule has 3 nitrogen and oxygen atoms in total. The van der Waals surface area contributed by atoms with Crippen molar-refractivity contribution in [2.45, 2.75) is 4.90 Å². The maximum atomic E-state index is 6.79. The number of thioether (sulfide) groups is 1. The minimum atomic E-state index is 0.647. The van der Waals surface area contributed by atoms with Crippen LogP contribution in [0, 0.1) is 0 Å². The van der Waals surface area contributed by atoms with Crippen LogP contribution in [-0.2, 0) is 0 Å². The number of halogens is 1. The largest absolute Gasteiger partial charge is 0.265 e. The Balaban J connectivity index is 2.04. The summed E-state index contributed by atoms with van der Waals surface area (Å²) in [6.45, 7) is 0. The van der Waals surface area contributed by atoms with Crippen LogP contribution in [0.2, 0.25) is 5.02 Å². The summed E-state index contributed by atoms with van der Waals surface area (Å²) in [4.78, 5) is 14.5. The van der Waals surface area contributed by atoms with Gasteiger partial charge in [0.25, 0.3) is 0 Å². The fraction of sp³-hybridized carbons (Fsp3) is 0.0500. The van der Waals surface area contributed by atoms with Gasteiger partial charge in [-0.15, -0.1) is 11.8 Å². The molecule has 0 N–H and O–H groups in total. The zero-order valence-corrected chi connectivity index (χ0v) is 15.1. The highest BCUT2D eigenvalue weighted by Crippen LogP contribution is 2.40. The molecule has 1 aromatic carbocycles. The van der Waals surface area contributed by atoms with Crippen LogP contribution in [0.1, 0.15) is 0 Å².